The number of fused-ring (bicyclic) bond motifs is 4. The number of benzene rings is 2. The number of aliphatic hydroxyl groups is 1. The smallest absolute Gasteiger partial charge is 0.143 e. The standard InChI is InChI=1S/C38H53N3O2/c1-37(2,3)24-14-10-22(11-15-24)30-20-18-28-33(42)26-8-7-9-27-32(26)41(35(28)39-30)36-29(34(27)43)19-21-31(40-36)23-12-16-25(17-13-23)38(4,5)6/h10-17,26-33,35-36,39-40,42H,7-9,18-21H2,1-6H3. The molecule has 232 valence electrons. The molecule has 10 atom stereocenters. The van der Waals surface area contributed by atoms with Crippen LogP contribution < -0.4 is 10.6 Å². The summed E-state index contributed by atoms with van der Waals surface area (Å²) in [5.41, 5.74) is 5.63. The molecule has 0 radical (unpaired) electrons. The fraction of sp³-hybridized carbons (Fsp3) is 0.658. The minimum absolute atomic E-state index is 0.00455. The van der Waals surface area contributed by atoms with Gasteiger partial charge < -0.3 is 5.11 Å². The van der Waals surface area contributed by atoms with Crippen LogP contribution in [0, 0.1) is 23.7 Å². The average Bonchev–Trinajstić information content (AvgIpc) is 2.99. The molecular formula is C38H53N3O2. The lowest BCUT2D eigenvalue weighted by Gasteiger charge is -2.65. The maximum absolute atomic E-state index is 14.1. The van der Waals surface area contributed by atoms with E-state index >= 15 is 0 Å². The number of nitrogens with one attached hydrogen (secondary N) is 2. The second kappa shape index (κ2) is 10.8. The molecule has 0 bridgehead atoms. The fourth-order valence-electron chi connectivity index (χ4n) is 9.51. The van der Waals surface area contributed by atoms with Gasteiger partial charge in [0, 0.05) is 41.8 Å². The molecule has 1 aliphatic carbocycles. The van der Waals surface area contributed by atoms with Crippen LogP contribution in [0.4, 0.5) is 0 Å². The van der Waals surface area contributed by atoms with Crippen LogP contribution in [0.2, 0.25) is 0 Å². The largest absolute Gasteiger partial charge is 0.392 e. The quantitative estimate of drug-likeness (QED) is 0.365. The Kier molecular flexibility index (Phi) is 7.44. The molecule has 4 aliphatic heterocycles. The predicted octanol–water partition coefficient (Wildman–Crippen LogP) is 6.76. The highest BCUT2D eigenvalue weighted by Gasteiger charge is 2.61. The predicted molar refractivity (Wildman–Crippen MR) is 173 cm³/mol. The maximum atomic E-state index is 14.1. The summed E-state index contributed by atoms with van der Waals surface area (Å²) >= 11 is 0. The van der Waals surface area contributed by atoms with E-state index in [0.717, 1.165) is 44.9 Å². The summed E-state index contributed by atoms with van der Waals surface area (Å²) in [6.45, 7) is 13.6. The molecular weight excluding hydrogens is 530 g/mol. The van der Waals surface area contributed by atoms with E-state index < -0.39 is 0 Å². The van der Waals surface area contributed by atoms with Crippen LogP contribution in [0.25, 0.3) is 0 Å². The molecule has 1 saturated carbocycles. The molecule has 7 rings (SSSR count). The van der Waals surface area contributed by atoms with Crippen LogP contribution in [0.5, 0.6) is 0 Å². The van der Waals surface area contributed by atoms with E-state index in [1.54, 1.807) is 0 Å². The molecule has 4 saturated heterocycles. The van der Waals surface area contributed by atoms with Gasteiger partial charge in [0.25, 0.3) is 0 Å². The summed E-state index contributed by atoms with van der Waals surface area (Å²) < 4.78 is 0. The van der Waals surface area contributed by atoms with E-state index in [4.69, 9.17) is 0 Å². The number of ketones is 1. The van der Waals surface area contributed by atoms with Crippen molar-refractivity contribution in [2.75, 3.05) is 0 Å². The lowest BCUT2D eigenvalue weighted by molar-refractivity contribution is -0.200. The van der Waals surface area contributed by atoms with E-state index in [1.165, 1.54) is 22.3 Å². The zero-order valence-corrected chi connectivity index (χ0v) is 27.1. The first-order valence-electron chi connectivity index (χ1n) is 17.1. The molecule has 3 N–H and O–H groups in total. The highest BCUT2D eigenvalue weighted by Crippen LogP contribution is 2.52. The summed E-state index contributed by atoms with van der Waals surface area (Å²) in [6.07, 6.45) is 6.75. The van der Waals surface area contributed by atoms with Crippen molar-refractivity contribution in [3.8, 4) is 0 Å². The van der Waals surface area contributed by atoms with E-state index in [2.05, 4.69) is 106 Å². The number of rotatable bonds is 2. The van der Waals surface area contributed by atoms with Crippen molar-refractivity contribution >= 4 is 5.78 Å². The summed E-state index contributed by atoms with van der Waals surface area (Å²) in [5.74, 6) is 0.901. The third-order valence-corrected chi connectivity index (χ3v) is 11.9. The summed E-state index contributed by atoms with van der Waals surface area (Å²) in [7, 11) is 0. The Morgan fingerprint density at radius 2 is 1.19 bits per heavy atom. The van der Waals surface area contributed by atoms with Crippen LogP contribution in [-0.2, 0) is 15.6 Å². The lowest BCUT2D eigenvalue weighted by atomic mass is 9.60. The third kappa shape index (κ3) is 5.13. The minimum Gasteiger partial charge on any atom is -0.392 e. The summed E-state index contributed by atoms with van der Waals surface area (Å²) in [4.78, 5) is 16.8. The number of aliphatic hydroxyl groups excluding tert-OH is 1. The number of hydrogen-bond donors (Lipinski definition) is 3. The molecule has 43 heavy (non-hydrogen) atoms. The average molecular weight is 584 g/mol. The Bertz CT molecular complexity index is 1320. The van der Waals surface area contributed by atoms with Gasteiger partial charge in [-0.05, 0) is 71.6 Å². The Hall–Kier alpha value is -2.05. The van der Waals surface area contributed by atoms with Crippen molar-refractivity contribution in [2.24, 2.45) is 23.7 Å². The van der Waals surface area contributed by atoms with Gasteiger partial charge in [-0.15, -0.1) is 0 Å². The topological polar surface area (TPSA) is 64.6 Å². The Morgan fingerprint density at radius 1 is 0.651 bits per heavy atom. The van der Waals surface area contributed by atoms with E-state index in [-0.39, 0.29) is 71.1 Å². The normalized spacial score (nSPS) is 38.2. The Morgan fingerprint density at radius 3 is 1.74 bits per heavy atom. The van der Waals surface area contributed by atoms with Crippen molar-refractivity contribution in [3.63, 3.8) is 0 Å². The van der Waals surface area contributed by atoms with Crippen LogP contribution in [0.3, 0.4) is 0 Å². The van der Waals surface area contributed by atoms with Crippen LogP contribution in [-0.4, -0.2) is 40.3 Å². The van der Waals surface area contributed by atoms with Crippen molar-refractivity contribution in [2.45, 2.75) is 134 Å². The van der Waals surface area contributed by atoms with Crippen molar-refractivity contribution < 1.29 is 9.90 Å². The number of carbonyl (C=O) groups excluding carboxylic acids is 1. The number of carbonyl (C=O) groups is 1. The maximum Gasteiger partial charge on any atom is 0.143 e. The molecule has 4 heterocycles. The first kappa shape index (κ1) is 29.6. The summed E-state index contributed by atoms with van der Waals surface area (Å²) in [6, 6.07) is 19.0. The highest BCUT2D eigenvalue weighted by molar-refractivity contribution is 5.86. The molecule has 5 heteroatoms. The molecule has 0 amide bonds. The zero-order chi connectivity index (χ0) is 30.3. The van der Waals surface area contributed by atoms with Gasteiger partial charge in [0.1, 0.15) is 5.78 Å². The van der Waals surface area contributed by atoms with Crippen molar-refractivity contribution in [3.05, 3.63) is 70.8 Å². The molecule has 2 aromatic carbocycles. The second-order valence-corrected chi connectivity index (χ2v) is 16.5. The SMILES string of the molecule is CC(C)(C)c1ccc(C2CCC3C(=O)C4CCCC5C(O)C6CCC(c7ccc(C(C)(C)C)cc7)NC6N(C3N2)C45)cc1. The van der Waals surface area contributed by atoms with Crippen LogP contribution in [0.15, 0.2) is 48.5 Å². The fourth-order valence-corrected chi connectivity index (χ4v) is 9.51. The van der Waals surface area contributed by atoms with Crippen molar-refractivity contribution in [1.29, 1.82) is 0 Å². The molecule has 2 aromatic rings. The van der Waals surface area contributed by atoms with Crippen LogP contribution in [0.1, 0.15) is 121 Å². The van der Waals surface area contributed by atoms with Gasteiger partial charge in [0.05, 0.1) is 18.4 Å². The lowest BCUT2D eigenvalue weighted by Crippen LogP contribution is -2.78. The van der Waals surface area contributed by atoms with Gasteiger partial charge in [-0.3, -0.25) is 20.3 Å². The number of nitrogens with zero attached hydrogens (tertiary/aromatic N) is 1. The molecule has 0 aromatic heterocycles. The highest BCUT2D eigenvalue weighted by atomic mass is 16.3. The third-order valence-electron chi connectivity index (χ3n) is 11.9. The van der Waals surface area contributed by atoms with Crippen LogP contribution >= 0.6 is 0 Å². The molecule has 5 aliphatic rings. The zero-order valence-electron chi connectivity index (χ0n) is 27.1. The molecule has 5 fully saturated rings. The first-order valence-corrected chi connectivity index (χ1v) is 17.1. The second-order valence-electron chi connectivity index (χ2n) is 16.5. The van der Waals surface area contributed by atoms with Gasteiger partial charge in [0.15, 0.2) is 0 Å². The number of hydrogen-bond acceptors (Lipinski definition) is 5. The van der Waals surface area contributed by atoms with Gasteiger partial charge >= 0.3 is 0 Å². The van der Waals surface area contributed by atoms with Gasteiger partial charge in [-0.1, -0.05) is 96.5 Å². The van der Waals surface area contributed by atoms with Gasteiger partial charge in [-0.25, -0.2) is 0 Å². The first-order chi connectivity index (χ1) is 20.4. The van der Waals surface area contributed by atoms with E-state index in [0.29, 0.717) is 5.78 Å². The Labute approximate surface area is 259 Å². The molecule has 5 nitrogen and oxygen atoms in total. The number of Topliss-reactive ketones (excluding diaryl/α,β-unsaturated/α-hetero) is 1. The Balaban J connectivity index is 1.21. The van der Waals surface area contributed by atoms with Gasteiger partial charge in [0.2, 0.25) is 0 Å². The molecule has 10 unspecified atom stereocenters. The summed E-state index contributed by atoms with van der Waals surface area (Å²) in [5, 5.41) is 20.0. The minimum atomic E-state index is -0.348. The number of piperidine rings is 4. The van der Waals surface area contributed by atoms with E-state index in [1.807, 2.05) is 0 Å². The van der Waals surface area contributed by atoms with Crippen molar-refractivity contribution in [1.82, 2.24) is 15.5 Å². The van der Waals surface area contributed by atoms with Gasteiger partial charge in [-0.2, -0.15) is 0 Å². The monoisotopic (exact) mass is 583 g/mol. The molecule has 0 spiro atoms. The van der Waals surface area contributed by atoms with E-state index in [9.17, 15) is 9.90 Å².